The molecular formula is C27H41NO7. The predicted octanol–water partition coefficient (Wildman–Crippen LogP) is 4.01. The van der Waals surface area contributed by atoms with Crippen molar-refractivity contribution in [1.82, 2.24) is 4.98 Å². The lowest BCUT2D eigenvalue weighted by Gasteiger charge is -2.34. The normalized spacial score (nSPS) is 37.5. The summed E-state index contributed by atoms with van der Waals surface area (Å²) in [5.41, 5.74) is -0.107. The van der Waals surface area contributed by atoms with Crippen molar-refractivity contribution >= 4 is 17.8 Å². The van der Waals surface area contributed by atoms with Crippen molar-refractivity contribution < 1.29 is 33.7 Å². The Morgan fingerprint density at radius 3 is 2.51 bits per heavy atom. The number of aromatic nitrogens is 1. The molecule has 8 nitrogen and oxygen atoms in total. The predicted molar refractivity (Wildman–Crippen MR) is 130 cm³/mol. The SMILES string of the molecule is C/C(=C\c1coc(C)n1)C1CC2OC2(C)CCCC(C)[C@H](O)[C@@H](C)C(=O)C(C)(C)[C@@H](O)CC(=O)O1. The van der Waals surface area contributed by atoms with Crippen LogP contribution in [0.25, 0.3) is 6.08 Å². The van der Waals surface area contributed by atoms with Gasteiger partial charge >= 0.3 is 5.97 Å². The van der Waals surface area contributed by atoms with Crippen LogP contribution in [0.2, 0.25) is 0 Å². The number of nitrogens with zero attached hydrogens (tertiary/aromatic N) is 1. The number of hydrogen-bond donors (Lipinski definition) is 2. The number of ketones is 1. The van der Waals surface area contributed by atoms with E-state index in [0.717, 1.165) is 24.8 Å². The number of fused-ring (bicyclic) bond motifs is 1. The summed E-state index contributed by atoms with van der Waals surface area (Å²) in [5, 5.41) is 21.7. The number of aliphatic hydroxyl groups excluding tert-OH is 2. The third-order valence-electron chi connectivity index (χ3n) is 7.93. The van der Waals surface area contributed by atoms with Gasteiger partial charge in [-0.25, -0.2) is 4.98 Å². The van der Waals surface area contributed by atoms with Gasteiger partial charge in [-0.05, 0) is 44.3 Å². The molecule has 0 saturated carbocycles. The summed E-state index contributed by atoms with van der Waals surface area (Å²) in [7, 11) is 0. The summed E-state index contributed by atoms with van der Waals surface area (Å²) < 4.78 is 17.1. The molecule has 4 unspecified atom stereocenters. The Kier molecular flexibility index (Phi) is 8.29. The van der Waals surface area contributed by atoms with Gasteiger partial charge in [-0.1, -0.05) is 34.1 Å². The Labute approximate surface area is 208 Å². The van der Waals surface area contributed by atoms with E-state index >= 15 is 0 Å². The van der Waals surface area contributed by atoms with E-state index in [-0.39, 0.29) is 29.8 Å². The minimum absolute atomic E-state index is 0.0716. The number of ether oxygens (including phenoxy) is 2. The Bertz CT molecular complexity index is 951. The number of rotatable bonds is 2. The molecule has 2 fully saturated rings. The van der Waals surface area contributed by atoms with Crippen molar-refractivity contribution in [3.05, 3.63) is 23.4 Å². The van der Waals surface area contributed by atoms with Gasteiger partial charge in [0.25, 0.3) is 0 Å². The molecule has 2 saturated heterocycles. The molecule has 0 radical (unpaired) electrons. The maximum absolute atomic E-state index is 13.2. The first-order chi connectivity index (χ1) is 16.2. The molecule has 0 amide bonds. The number of cyclic esters (lactones) is 1. The van der Waals surface area contributed by atoms with Crippen molar-refractivity contribution in [2.24, 2.45) is 17.3 Å². The van der Waals surface area contributed by atoms with Gasteiger partial charge in [-0.15, -0.1) is 0 Å². The second-order valence-electron chi connectivity index (χ2n) is 11.3. The first-order valence-electron chi connectivity index (χ1n) is 12.6. The van der Waals surface area contributed by atoms with E-state index in [9.17, 15) is 19.8 Å². The summed E-state index contributed by atoms with van der Waals surface area (Å²) in [6, 6.07) is 0. The largest absolute Gasteiger partial charge is 0.458 e. The zero-order valence-corrected chi connectivity index (χ0v) is 22.0. The minimum Gasteiger partial charge on any atom is -0.458 e. The lowest BCUT2D eigenvalue weighted by molar-refractivity contribution is -0.154. The lowest BCUT2D eigenvalue weighted by Crippen LogP contribution is -2.45. The third kappa shape index (κ3) is 6.40. The van der Waals surface area contributed by atoms with E-state index in [2.05, 4.69) is 11.9 Å². The van der Waals surface area contributed by atoms with Crippen LogP contribution in [0, 0.1) is 24.2 Å². The van der Waals surface area contributed by atoms with Crippen LogP contribution in [-0.4, -0.2) is 57.0 Å². The van der Waals surface area contributed by atoms with Crippen molar-refractivity contribution in [2.45, 2.75) is 111 Å². The molecular weight excluding hydrogens is 450 g/mol. The molecule has 1 aromatic rings. The second kappa shape index (κ2) is 10.5. The monoisotopic (exact) mass is 491 g/mol. The van der Waals surface area contributed by atoms with E-state index in [1.807, 2.05) is 19.9 Å². The zero-order valence-electron chi connectivity index (χ0n) is 22.0. The van der Waals surface area contributed by atoms with Crippen molar-refractivity contribution in [2.75, 3.05) is 0 Å². The number of Topliss-reactive ketones (excluding diaryl/α,β-unsaturated/α-hetero) is 1. The van der Waals surface area contributed by atoms with Crippen LogP contribution in [-0.2, 0) is 19.1 Å². The molecule has 3 rings (SSSR count). The Balaban J connectivity index is 1.85. The summed E-state index contributed by atoms with van der Waals surface area (Å²) in [6.45, 7) is 12.5. The smallest absolute Gasteiger partial charge is 0.309 e. The maximum Gasteiger partial charge on any atom is 0.309 e. The number of oxazole rings is 1. The Morgan fingerprint density at radius 2 is 1.89 bits per heavy atom. The highest BCUT2D eigenvalue weighted by atomic mass is 16.6. The fraction of sp³-hybridized carbons (Fsp3) is 0.741. The average molecular weight is 492 g/mol. The van der Waals surface area contributed by atoms with Gasteiger partial charge in [0, 0.05) is 19.3 Å². The van der Waals surface area contributed by atoms with Crippen molar-refractivity contribution in [3.8, 4) is 0 Å². The van der Waals surface area contributed by atoms with E-state index in [1.54, 1.807) is 34.0 Å². The number of carbonyl (C=O) groups excluding carboxylic acids is 2. The molecule has 0 spiro atoms. The van der Waals surface area contributed by atoms with Gasteiger partial charge < -0.3 is 24.1 Å². The molecule has 1 aromatic heterocycles. The number of hydrogen-bond acceptors (Lipinski definition) is 8. The summed E-state index contributed by atoms with van der Waals surface area (Å²) in [5.74, 6) is -1.06. The highest BCUT2D eigenvalue weighted by Gasteiger charge is 2.53. The van der Waals surface area contributed by atoms with Gasteiger partial charge in [0.15, 0.2) is 5.89 Å². The standard InChI is InChI=1S/C27H41NO7/c1-15-9-8-10-27(7)22(35-27)12-20(16(2)11-19-14-33-18(4)28-19)34-23(30)13-21(29)26(5,6)25(32)17(3)24(15)31/h11,14-15,17,20-22,24,29,31H,8-10,12-13H2,1-7H3/b16-11+/t15?,17-,20?,21+,22?,24+,27?/m1/s1. The summed E-state index contributed by atoms with van der Waals surface area (Å²) >= 11 is 0. The molecule has 2 aliphatic rings. The number of carbonyl (C=O) groups is 2. The highest BCUT2D eigenvalue weighted by Crippen LogP contribution is 2.45. The molecule has 196 valence electrons. The Morgan fingerprint density at radius 1 is 1.20 bits per heavy atom. The first-order valence-corrected chi connectivity index (χ1v) is 12.6. The van der Waals surface area contributed by atoms with Gasteiger partial charge in [-0.3, -0.25) is 9.59 Å². The zero-order chi connectivity index (χ0) is 26.1. The van der Waals surface area contributed by atoms with Crippen molar-refractivity contribution in [1.29, 1.82) is 0 Å². The molecule has 8 heteroatoms. The fourth-order valence-corrected chi connectivity index (χ4v) is 5.07. The fourth-order valence-electron chi connectivity index (χ4n) is 5.07. The minimum atomic E-state index is -1.24. The van der Waals surface area contributed by atoms with Crippen LogP contribution < -0.4 is 0 Å². The number of aryl methyl sites for hydroxylation is 1. The van der Waals surface area contributed by atoms with E-state index < -0.39 is 35.6 Å². The van der Waals surface area contributed by atoms with Crippen molar-refractivity contribution in [3.63, 3.8) is 0 Å². The van der Waals surface area contributed by atoms with E-state index in [4.69, 9.17) is 13.9 Å². The molecule has 2 N–H and O–H groups in total. The van der Waals surface area contributed by atoms with Crippen LogP contribution in [0.15, 0.2) is 16.3 Å². The van der Waals surface area contributed by atoms with Gasteiger partial charge in [-0.2, -0.15) is 0 Å². The van der Waals surface area contributed by atoms with Crippen LogP contribution in [0.3, 0.4) is 0 Å². The average Bonchev–Trinajstić information content (AvgIpc) is 3.22. The molecule has 7 atom stereocenters. The summed E-state index contributed by atoms with van der Waals surface area (Å²) in [6.07, 6.45) is 3.23. The number of epoxide rings is 1. The molecule has 0 aromatic carbocycles. The van der Waals surface area contributed by atoms with Crippen LogP contribution in [0.5, 0.6) is 0 Å². The van der Waals surface area contributed by atoms with E-state index in [1.165, 1.54) is 0 Å². The van der Waals surface area contributed by atoms with Gasteiger partial charge in [0.05, 0.1) is 35.7 Å². The number of esters is 1. The van der Waals surface area contributed by atoms with Crippen LogP contribution in [0.4, 0.5) is 0 Å². The van der Waals surface area contributed by atoms with Crippen LogP contribution >= 0.6 is 0 Å². The van der Waals surface area contributed by atoms with Crippen LogP contribution in [0.1, 0.15) is 85.2 Å². The lowest BCUT2D eigenvalue weighted by atomic mass is 9.73. The van der Waals surface area contributed by atoms with Gasteiger partial charge in [0.1, 0.15) is 23.8 Å². The molecule has 0 aliphatic carbocycles. The Hall–Kier alpha value is -2.03. The third-order valence-corrected chi connectivity index (χ3v) is 7.93. The molecule has 3 heterocycles. The second-order valence-corrected chi connectivity index (χ2v) is 11.3. The maximum atomic E-state index is 13.2. The van der Waals surface area contributed by atoms with E-state index in [0.29, 0.717) is 18.0 Å². The number of aliphatic hydroxyl groups is 2. The topological polar surface area (TPSA) is 122 Å². The highest BCUT2D eigenvalue weighted by molar-refractivity contribution is 5.88. The summed E-state index contributed by atoms with van der Waals surface area (Å²) in [4.78, 5) is 30.4. The quantitative estimate of drug-likeness (QED) is 0.470. The molecule has 0 bridgehead atoms. The van der Waals surface area contributed by atoms with Gasteiger partial charge in [0.2, 0.25) is 0 Å². The molecule has 35 heavy (non-hydrogen) atoms. The molecule has 2 aliphatic heterocycles. The first kappa shape index (κ1) is 27.6.